The fraction of sp³-hybridized carbons (Fsp3) is 0.818. The highest BCUT2D eigenvalue weighted by atomic mass is 35.5. The van der Waals surface area contributed by atoms with Crippen LogP contribution in [0.4, 0.5) is 0 Å². The summed E-state index contributed by atoms with van der Waals surface area (Å²) in [6.45, 7) is 7.31. The number of hydrogen-bond acceptors (Lipinski definition) is 0. The Labute approximate surface area is 220 Å². The van der Waals surface area contributed by atoms with Gasteiger partial charge in [0.2, 0.25) is 0 Å². The van der Waals surface area contributed by atoms with Gasteiger partial charge in [-0.3, -0.25) is 0 Å². The number of hydrogen-bond donors (Lipinski definition) is 0. The molecule has 1 aromatic carbocycles. The van der Waals surface area contributed by atoms with Crippen LogP contribution in [-0.2, 0) is 6.42 Å². The van der Waals surface area contributed by atoms with Crippen molar-refractivity contribution < 1.29 is 0 Å². The van der Waals surface area contributed by atoms with E-state index < -0.39 is 0 Å². The summed E-state index contributed by atoms with van der Waals surface area (Å²) in [7, 11) is 0. The minimum atomic E-state index is 0.297. The van der Waals surface area contributed by atoms with Gasteiger partial charge in [-0.05, 0) is 36.7 Å². The van der Waals surface area contributed by atoms with Crippen LogP contribution < -0.4 is 0 Å². The van der Waals surface area contributed by atoms with Crippen molar-refractivity contribution in [3.8, 4) is 0 Å². The number of alkyl halides is 1. The first-order chi connectivity index (χ1) is 16.5. The van der Waals surface area contributed by atoms with Gasteiger partial charge in [0.05, 0.1) is 0 Å². The van der Waals surface area contributed by atoms with Gasteiger partial charge in [0.1, 0.15) is 0 Å². The second kappa shape index (κ2) is 21.8. The van der Waals surface area contributed by atoms with Crippen molar-refractivity contribution >= 4 is 11.6 Å². The molecule has 0 heterocycles. The summed E-state index contributed by atoms with van der Waals surface area (Å²) in [6, 6.07) is 10.7. The van der Waals surface area contributed by atoms with E-state index in [4.69, 9.17) is 11.6 Å². The molecular formula is C33H59Cl. The van der Waals surface area contributed by atoms with E-state index in [1.807, 2.05) is 0 Å². The molecule has 34 heavy (non-hydrogen) atoms. The minimum absolute atomic E-state index is 0.297. The highest BCUT2D eigenvalue weighted by Gasteiger charge is 2.16. The van der Waals surface area contributed by atoms with Crippen LogP contribution in [0, 0.1) is 5.41 Å². The van der Waals surface area contributed by atoms with Crippen LogP contribution in [0.1, 0.15) is 161 Å². The van der Waals surface area contributed by atoms with E-state index in [-0.39, 0.29) is 0 Å². The van der Waals surface area contributed by atoms with Crippen LogP contribution in [-0.4, -0.2) is 5.38 Å². The Morgan fingerprint density at radius 2 is 1.00 bits per heavy atom. The van der Waals surface area contributed by atoms with E-state index in [2.05, 4.69) is 51.1 Å². The fourth-order valence-electron chi connectivity index (χ4n) is 5.22. The first-order valence-corrected chi connectivity index (χ1v) is 15.6. The summed E-state index contributed by atoms with van der Waals surface area (Å²) in [4.78, 5) is 0. The van der Waals surface area contributed by atoms with Crippen LogP contribution in [0.2, 0.25) is 0 Å². The summed E-state index contributed by atoms with van der Waals surface area (Å²) >= 11 is 6.53. The monoisotopic (exact) mass is 490 g/mol. The van der Waals surface area contributed by atoms with Gasteiger partial charge in [0.15, 0.2) is 0 Å². The highest BCUT2D eigenvalue weighted by Crippen LogP contribution is 2.30. The van der Waals surface area contributed by atoms with E-state index in [0.717, 1.165) is 12.8 Å². The van der Waals surface area contributed by atoms with E-state index in [0.29, 0.717) is 10.8 Å². The lowest BCUT2D eigenvalue weighted by molar-refractivity contribution is 0.282. The molecule has 0 amide bonds. The van der Waals surface area contributed by atoms with Crippen molar-refractivity contribution in [1.82, 2.24) is 0 Å². The van der Waals surface area contributed by atoms with Crippen LogP contribution in [0.15, 0.2) is 30.3 Å². The average Bonchev–Trinajstić information content (AvgIpc) is 2.82. The molecule has 0 radical (unpaired) electrons. The summed E-state index contributed by atoms with van der Waals surface area (Å²) in [5.74, 6) is 0. The normalized spacial score (nSPS) is 12.8. The quantitative estimate of drug-likeness (QED) is 0.0997. The third-order valence-corrected chi connectivity index (χ3v) is 8.00. The Morgan fingerprint density at radius 1 is 0.588 bits per heavy atom. The molecule has 0 nitrogen and oxygen atoms in total. The largest absolute Gasteiger partial charge is 0.123 e. The molecule has 0 bridgehead atoms. The smallest absolute Gasteiger partial charge is 0.0376 e. The van der Waals surface area contributed by atoms with E-state index in [9.17, 15) is 0 Å². The molecule has 198 valence electrons. The summed E-state index contributed by atoms with van der Waals surface area (Å²) in [6.07, 6.45) is 30.6. The van der Waals surface area contributed by atoms with Crippen LogP contribution in [0.5, 0.6) is 0 Å². The Morgan fingerprint density at radius 3 is 1.47 bits per heavy atom. The van der Waals surface area contributed by atoms with E-state index in [1.54, 1.807) is 0 Å². The van der Waals surface area contributed by atoms with Crippen LogP contribution >= 0.6 is 11.6 Å². The Kier molecular flexibility index (Phi) is 20.2. The Bertz CT molecular complexity index is 535. The zero-order valence-corrected chi connectivity index (χ0v) is 24.2. The summed E-state index contributed by atoms with van der Waals surface area (Å²) in [5.41, 5.74) is 1.92. The molecule has 1 unspecified atom stereocenters. The second-order valence-electron chi connectivity index (χ2n) is 11.8. The molecule has 0 aromatic heterocycles. The van der Waals surface area contributed by atoms with E-state index in [1.165, 1.54) is 134 Å². The molecule has 0 saturated carbocycles. The van der Waals surface area contributed by atoms with Gasteiger partial charge in [-0.25, -0.2) is 0 Å². The maximum absolute atomic E-state index is 6.53. The average molecular weight is 491 g/mol. The van der Waals surface area contributed by atoms with Gasteiger partial charge in [0, 0.05) is 5.38 Å². The molecular weight excluding hydrogens is 432 g/mol. The SMILES string of the molecule is CCCCCCCCCCCCC(C)(C)CCCCCCCCCCC(Cl)Cc1ccccc1. The lowest BCUT2D eigenvalue weighted by atomic mass is 9.81. The maximum atomic E-state index is 6.53. The lowest BCUT2D eigenvalue weighted by Crippen LogP contribution is -2.11. The van der Waals surface area contributed by atoms with Gasteiger partial charge in [-0.15, -0.1) is 11.6 Å². The first kappa shape index (κ1) is 31.5. The molecule has 0 saturated heterocycles. The topological polar surface area (TPSA) is 0 Å². The molecule has 1 atom stereocenters. The predicted octanol–water partition coefficient (Wildman–Crippen LogP) is 12.1. The van der Waals surface area contributed by atoms with Crippen LogP contribution in [0.25, 0.3) is 0 Å². The fourth-order valence-corrected chi connectivity index (χ4v) is 5.55. The van der Waals surface area contributed by atoms with Gasteiger partial charge < -0.3 is 0 Å². The molecule has 0 aliphatic carbocycles. The molecule has 0 spiro atoms. The Balaban J connectivity index is 1.84. The standard InChI is InChI=1S/C33H59Cl/c1-4-5-6-7-8-9-11-14-17-23-28-33(2,3)29-24-18-15-12-10-13-16-22-27-32(34)30-31-25-20-19-21-26-31/h19-21,25-26,32H,4-18,22-24,27-30H2,1-3H3. The molecule has 1 heteroatoms. The third kappa shape index (κ3) is 19.8. The van der Waals surface area contributed by atoms with Crippen LogP contribution in [0.3, 0.4) is 0 Å². The number of rotatable bonds is 24. The molecule has 0 N–H and O–H groups in total. The molecule has 0 aliphatic rings. The van der Waals surface area contributed by atoms with E-state index >= 15 is 0 Å². The number of unbranched alkanes of at least 4 members (excludes halogenated alkanes) is 16. The van der Waals surface area contributed by atoms with Gasteiger partial charge >= 0.3 is 0 Å². The summed E-state index contributed by atoms with van der Waals surface area (Å²) in [5, 5.41) is 0.297. The lowest BCUT2D eigenvalue weighted by Gasteiger charge is -2.24. The first-order valence-electron chi connectivity index (χ1n) is 15.2. The van der Waals surface area contributed by atoms with Crippen molar-refractivity contribution in [1.29, 1.82) is 0 Å². The zero-order chi connectivity index (χ0) is 24.7. The second-order valence-corrected chi connectivity index (χ2v) is 12.4. The molecule has 1 aromatic rings. The maximum Gasteiger partial charge on any atom is 0.0376 e. The van der Waals surface area contributed by atoms with Crippen molar-refractivity contribution in [2.75, 3.05) is 0 Å². The molecule has 1 rings (SSSR count). The molecule has 0 fully saturated rings. The van der Waals surface area contributed by atoms with Crippen molar-refractivity contribution in [3.63, 3.8) is 0 Å². The molecule has 0 aliphatic heterocycles. The minimum Gasteiger partial charge on any atom is -0.123 e. The zero-order valence-electron chi connectivity index (χ0n) is 23.4. The number of halogens is 1. The van der Waals surface area contributed by atoms with Gasteiger partial charge in [-0.1, -0.05) is 167 Å². The Hall–Kier alpha value is -0.490. The number of benzene rings is 1. The van der Waals surface area contributed by atoms with Crippen molar-refractivity contribution in [3.05, 3.63) is 35.9 Å². The highest BCUT2D eigenvalue weighted by molar-refractivity contribution is 6.20. The third-order valence-electron chi connectivity index (χ3n) is 7.63. The van der Waals surface area contributed by atoms with Gasteiger partial charge in [-0.2, -0.15) is 0 Å². The van der Waals surface area contributed by atoms with Crippen molar-refractivity contribution in [2.24, 2.45) is 5.41 Å². The van der Waals surface area contributed by atoms with Crippen molar-refractivity contribution in [2.45, 2.75) is 167 Å². The predicted molar refractivity (Wildman–Crippen MR) is 156 cm³/mol. The summed E-state index contributed by atoms with van der Waals surface area (Å²) < 4.78 is 0. The van der Waals surface area contributed by atoms with Gasteiger partial charge in [0.25, 0.3) is 0 Å².